The van der Waals surface area contributed by atoms with Crippen LogP contribution in [0.3, 0.4) is 0 Å². The van der Waals surface area contributed by atoms with E-state index in [0.717, 1.165) is 87.6 Å². The number of fused-ring (bicyclic) bond motifs is 1. The van der Waals surface area contributed by atoms with E-state index in [4.69, 9.17) is 9.84 Å². The number of nitrogens with one attached hydrogen (secondary N) is 2. The Kier molecular flexibility index (Phi) is 11.6. The Morgan fingerprint density at radius 3 is 2.48 bits per heavy atom. The lowest BCUT2D eigenvalue weighted by Crippen LogP contribution is -2.44. The number of piperidine rings is 3. The number of amides is 3. The fourth-order valence-corrected chi connectivity index (χ4v) is 9.69. The molecule has 3 aliphatic heterocycles. The average Bonchev–Trinajstić information content (AvgIpc) is 3.60. The van der Waals surface area contributed by atoms with Crippen molar-refractivity contribution in [2.45, 2.75) is 88.2 Å². The van der Waals surface area contributed by atoms with Gasteiger partial charge in [0.2, 0.25) is 17.8 Å². The van der Waals surface area contributed by atoms with Crippen molar-refractivity contribution in [2.75, 3.05) is 38.0 Å². The predicted octanol–water partition coefficient (Wildman–Crippen LogP) is 6.29. The minimum absolute atomic E-state index is 0.0630. The third-order valence-electron chi connectivity index (χ3n) is 13.2. The second kappa shape index (κ2) is 17.6. The van der Waals surface area contributed by atoms with Crippen LogP contribution in [0.2, 0.25) is 0 Å². The number of nitrogens with zero attached hydrogens (tertiary/aromatic N) is 7. The van der Waals surface area contributed by atoms with Crippen molar-refractivity contribution in [1.29, 1.82) is 0 Å². The van der Waals surface area contributed by atoms with Crippen LogP contribution in [0.15, 0.2) is 77.9 Å². The molecule has 4 fully saturated rings. The summed E-state index contributed by atoms with van der Waals surface area (Å²) in [5.41, 5.74) is 4.20. The first-order valence-electron chi connectivity index (χ1n) is 21.7. The monoisotopic (exact) mass is 829 g/mol. The summed E-state index contributed by atoms with van der Waals surface area (Å²) in [6.07, 6.45) is 10.4. The highest BCUT2D eigenvalue weighted by Gasteiger charge is 2.33. The lowest BCUT2D eigenvalue weighted by molar-refractivity contribution is -0.134. The number of ether oxygens (including phenoxy) is 1. The molecule has 15 heteroatoms. The molecule has 9 rings (SSSR count). The quantitative estimate of drug-likeness (QED) is 0.162. The maximum absolute atomic E-state index is 15.0. The molecule has 3 amide bonds. The summed E-state index contributed by atoms with van der Waals surface area (Å²) < 4.78 is 24.3. The number of benzene rings is 2. The molecule has 1 saturated carbocycles. The first-order chi connectivity index (χ1) is 29.6. The van der Waals surface area contributed by atoms with Crippen LogP contribution in [-0.4, -0.2) is 96.9 Å². The summed E-state index contributed by atoms with van der Waals surface area (Å²) in [6, 6.07) is 18.6. The van der Waals surface area contributed by atoms with Gasteiger partial charge in [-0.05, 0) is 113 Å². The third kappa shape index (κ3) is 8.93. The van der Waals surface area contributed by atoms with Gasteiger partial charge in [-0.3, -0.25) is 28.9 Å². The summed E-state index contributed by atoms with van der Waals surface area (Å²) in [6.45, 7) is 4.53. The van der Waals surface area contributed by atoms with Crippen molar-refractivity contribution in [1.82, 2.24) is 39.4 Å². The lowest BCUT2D eigenvalue weighted by Gasteiger charge is -2.38. The molecule has 2 aromatic carbocycles. The Labute approximate surface area is 353 Å². The highest BCUT2D eigenvalue weighted by molar-refractivity contribution is 6.02. The molecule has 0 unspecified atom stereocenters. The maximum Gasteiger partial charge on any atom is 0.410 e. The van der Waals surface area contributed by atoms with E-state index in [0.29, 0.717) is 55.0 Å². The summed E-state index contributed by atoms with van der Waals surface area (Å²) in [4.78, 5) is 63.0. The van der Waals surface area contributed by atoms with Crippen molar-refractivity contribution < 1.29 is 23.5 Å². The zero-order chi connectivity index (χ0) is 42.0. The van der Waals surface area contributed by atoms with Gasteiger partial charge in [0.05, 0.1) is 23.3 Å². The van der Waals surface area contributed by atoms with Gasteiger partial charge in [0.25, 0.3) is 5.56 Å². The van der Waals surface area contributed by atoms with Crippen molar-refractivity contribution >= 4 is 34.8 Å². The Bertz CT molecular complexity index is 2480. The van der Waals surface area contributed by atoms with Crippen LogP contribution in [0.5, 0.6) is 0 Å². The molecule has 5 aromatic rings. The van der Waals surface area contributed by atoms with Crippen LogP contribution >= 0.6 is 0 Å². The van der Waals surface area contributed by atoms with Crippen molar-refractivity contribution in [3.05, 3.63) is 100 Å². The number of hydrogen-bond donors (Lipinski definition) is 2. The Morgan fingerprint density at radius 1 is 0.902 bits per heavy atom. The zero-order valence-electron chi connectivity index (χ0n) is 34.5. The highest BCUT2D eigenvalue weighted by Crippen LogP contribution is 2.35. The fraction of sp³-hybridized carbons (Fsp3) is 0.457. The van der Waals surface area contributed by atoms with Gasteiger partial charge in [0.15, 0.2) is 5.82 Å². The molecular formula is C46H52FN9O5. The number of imide groups is 1. The smallest absolute Gasteiger partial charge is 0.410 e. The molecule has 3 aromatic heterocycles. The van der Waals surface area contributed by atoms with Crippen molar-refractivity contribution in [2.24, 2.45) is 13.0 Å². The molecule has 14 nitrogen and oxygen atoms in total. The van der Waals surface area contributed by atoms with Gasteiger partial charge in [-0.25, -0.2) is 19.2 Å². The second-order valence-corrected chi connectivity index (χ2v) is 17.1. The summed E-state index contributed by atoms with van der Waals surface area (Å²) >= 11 is 0. The molecule has 0 radical (unpaired) electrons. The van der Waals surface area contributed by atoms with Crippen LogP contribution in [0.4, 0.5) is 15.1 Å². The summed E-state index contributed by atoms with van der Waals surface area (Å²) in [5, 5.41) is 11.5. The van der Waals surface area contributed by atoms with Gasteiger partial charge in [0, 0.05) is 68.0 Å². The normalized spacial score (nSPS) is 22.0. The number of carbonyl (C=O) groups excluding carboxylic acids is 3. The van der Waals surface area contributed by atoms with Crippen LogP contribution in [0.1, 0.15) is 87.3 Å². The minimum Gasteiger partial charge on any atom is -0.446 e. The fourth-order valence-electron chi connectivity index (χ4n) is 9.69. The van der Waals surface area contributed by atoms with Gasteiger partial charge < -0.3 is 19.9 Å². The van der Waals surface area contributed by atoms with E-state index in [-0.39, 0.29) is 41.3 Å². The molecule has 0 spiro atoms. The van der Waals surface area contributed by atoms with Gasteiger partial charge in [-0.15, -0.1) is 0 Å². The van der Waals surface area contributed by atoms with Gasteiger partial charge >= 0.3 is 6.09 Å². The highest BCUT2D eigenvalue weighted by atomic mass is 19.1. The SMILES string of the molecule is Cn1nc([C@@H]2CCC(=O)NC2=O)c2ccc(C3CCN(CC4CCN(C(=O)OC5CCC(Nc6ncc(F)c(-c7cccc(-n8ccccc8=O)c7)n6)CC5)CC4)CC3)cc21. The zero-order valence-corrected chi connectivity index (χ0v) is 34.5. The molecule has 61 heavy (non-hydrogen) atoms. The number of rotatable bonds is 9. The molecule has 2 N–H and O–H groups in total. The Morgan fingerprint density at radius 2 is 1.70 bits per heavy atom. The van der Waals surface area contributed by atoms with Gasteiger partial charge in [0.1, 0.15) is 11.8 Å². The van der Waals surface area contributed by atoms with Crippen LogP contribution in [-0.2, 0) is 21.4 Å². The van der Waals surface area contributed by atoms with E-state index in [1.807, 2.05) is 16.6 Å². The molecular weight excluding hydrogens is 778 g/mol. The molecule has 3 saturated heterocycles. The third-order valence-corrected chi connectivity index (χ3v) is 13.2. The molecule has 1 aliphatic carbocycles. The number of halogens is 1. The van der Waals surface area contributed by atoms with Crippen molar-refractivity contribution in [3.8, 4) is 16.9 Å². The molecule has 318 valence electrons. The standard InChI is InChI=1S/C46H52FN9O5/c1-53-39-26-31(8-13-36(39)43(52-53)37-14-15-40(57)50-44(37)59)30-18-21-54(22-19-30)28-29-16-23-55(24-17-29)46(60)61-35-11-9-33(10-12-35)49-45-48-27-38(47)42(51-45)32-5-4-6-34(25-32)56-20-3-2-7-41(56)58/h2-8,13,20,25-27,29-30,33,35,37H,9-12,14-19,21-24,28H2,1H3,(H,48,49,51)(H,50,57,59)/t33?,35?,37-/m0/s1. The van der Waals surface area contributed by atoms with E-state index < -0.39 is 11.7 Å². The maximum atomic E-state index is 15.0. The molecule has 1 atom stereocenters. The number of pyridine rings is 1. The molecule has 4 aliphatic rings. The topological polar surface area (TPSA) is 157 Å². The Balaban J connectivity index is 0.703. The number of aryl methyl sites for hydroxylation is 1. The Hall–Kier alpha value is -5.96. The number of aromatic nitrogens is 5. The predicted molar refractivity (Wildman–Crippen MR) is 228 cm³/mol. The first-order valence-corrected chi connectivity index (χ1v) is 21.7. The number of anilines is 1. The minimum atomic E-state index is -0.551. The second-order valence-electron chi connectivity index (χ2n) is 17.1. The number of carbonyl (C=O) groups is 3. The van der Waals surface area contributed by atoms with E-state index in [2.05, 4.69) is 43.7 Å². The largest absolute Gasteiger partial charge is 0.446 e. The van der Waals surface area contributed by atoms with Crippen LogP contribution in [0, 0.1) is 11.7 Å². The molecule has 6 heterocycles. The van der Waals surface area contributed by atoms with Crippen molar-refractivity contribution in [3.63, 3.8) is 0 Å². The molecule has 0 bridgehead atoms. The first kappa shape index (κ1) is 40.4. The summed E-state index contributed by atoms with van der Waals surface area (Å²) in [5.74, 6) is -0.0940. The lowest BCUT2D eigenvalue weighted by atomic mass is 9.87. The van der Waals surface area contributed by atoms with Gasteiger partial charge in [-0.1, -0.05) is 30.3 Å². The van der Waals surface area contributed by atoms with Gasteiger partial charge in [-0.2, -0.15) is 5.10 Å². The average molecular weight is 830 g/mol. The number of likely N-dealkylation sites (tertiary alicyclic amines) is 2. The van der Waals surface area contributed by atoms with E-state index in [9.17, 15) is 23.6 Å². The van der Waals surface area contributed by atoms with Crippen LogP contribution in [0.25, 0.3) is 27.8 Å². The van der Waals surface area contributed by atoms with E-state index >= 15 is 0 Å². The van der Waals surface area contributed by atoms with Crippen LogP contribution < -0.4 is 16.2 Å². The summed E-state index contributed by atoms with van der Waals surface area (Å²) in [7, 11) is 1.92. The number of hydrogen-bond acceptors (Lipinski definition) is 10. The van der Waals surface area contributed by atoms with E-state index in [1.165, 1.54) is 22.4 Å². The van der Waals surface area contributed by atoms with E-state index in [1.54, 1.807) is 42.6 Å².